The van der Waals surface area contributed by atoms with Crippen molar-refractivity contribution in [2.24, 2.45) is 0 Å². The summed E-state index contributed by atoms with van der Waals surface area (Å²) < 4.78 is 5.44. The lowest BCUT2D eigenvalue weighted by Crippen LogP contribution is -2.34. The van der Waals surface area contributed by atoms with E-state index in [1.165, 1.54) is 0 Å². The Morgan fingerprint density at radius 3 is 2.59 bits per heavy atom. The summed E-state index contributed by atoms with van der Waals surface area (Å²) in [5.74, 6) is 0.557. The molecular weight excluding hydrogens is 276 g/mol. The highest BCUT2D eigenvalue weighted by atomic mass is 16.3. The number of anilines is 1. The van der Waals surface area contributed by atoms with E-state index in [9.17, 15) is 4.79 Å². The van der Waals surface area contributed by atoms with E-state index in [0.29, 0.717) is 5.89 Å². The Morgan fingerprint density at radius 2 is 1.86 bits per heavy atom. The van der Waals surface area contributed by atoms with E-state index in [4.69, 9.17) is 4.42 Å². The van der Waals surface area contributed by atoms with Crippen LogP contribution in [0.15, 0.2) is 52.9 Å². The fourth-order valence-corrected chi connectivity index (χ4v) is 2.39. The number of hydrogen-bond donors (Lipinski definition) is 1. The number of oxazole rings is 1. The zero-order chi connectivity index (χ0) is 15.7. The zero-order valence-electron chi connectivity index (χ0n) is 12.9. The summed E-state index contributed by atoms with van der Waals surface area (Å²) in [6.45, 7) is 5.63. The molecule has 22 heavy (non-hydrogen) atoms. The van der Waals surface area contributed by atoms with E-state index in [2.05, 4.69) is 10.3 Å². The summed E-state index contributed by atoms with van der Waals surface area (Å²) >= 11 is 0. The summed E-state index contributed by atoms with van der Waals surface area (Å²) in [6, 6.07) is 15.2. The normalized spacial score (nSPS) is 11.6. The maximum Gasteiger partial charge on any atom is 0.234 e. The maximum atomic E-state index is 12.6. The number of benzene rings is 2. The molecule has 1 heterocycles. The second-order valence-electron chi connectivity index (χ2n) is 5.86. The quantitative estimate of drug-likeness (QED) is 0.792. The van der Waals surface area contributed by atoms with Gasteiger partial charge in [0, 0.05) is 12.6 Å². The molecule has 0 fully saturated rings. The van der Waals surface area contributed by atoms with Crippen molar-refractivity contribution in [3.05, 3.63) is 60.0 Å². The predicted molar refractivity (Wildman–Crippen MR) is 86.8 cm³/mol. The Labute approximate surface area is 129 Å². The highest BCUT2D eigenvalue weighted by molar-refractivity contribution is 5.99. The van der Waals surface area contributed by atoms with Crippen LogP contribution in [-0.2, 0) is 10.2 Å². The van der Waals surface area contributed by atoms with E-state index >= 15 is 0 Å². The summed E-state index contributed by atoms with van der Waals surface area (Å²) in [7, 11) is 0. The van der Waals surface area contributed by atoms with Gasteiger partial charge in [0.1, 0.15) is 5.52 Å². The van der Waals surface area contributed by atoms with Gasteiger partial charge in [0.2, 0.25) is 5.91 Å². The van der Waals surface area contributed by atoms with Crippen LogP contribution >= 0.6 is 0 Å². The van der Waals surface area contributed by atoms with Crippen LogP contribution in [0.2, 0.25) is 0 Å². The molecule has 4 heteroatoms. The van der Waals surface area contributed by atoms with E-state index in [1.54, 1.807) is 6.92 Å². The van der Waals surface area contributed by atoms with Crippen molar-refractivity contribution in [1.82, 2.24) is 4.98 Å². The number of amides is 1. The van der Waals surface area contributed by atoms with Crippen molar-refractivity contribution < 1.29 is 9.21 Å². The zero-order valence-corrected chi connectivity index (χ0v) is 12.9. The summed E-state index contributed by atoms with van der Waals surface area (Å²) in [5, 5.41) is 2.96. The van der Waals surface area contributed by atoms with Gasteiger partial charge in [-0.05, 0) is 37.6 Å². The molecular formula is C18H18N2O2. The van der Waals surface area contributed by atoms with Crippen molar-refractivity contribution in [3.63, 3.8) is 0 Å². The lowest BCUT2D eigenvalue weighted by Gasteiger charge is -2.24. The summed E-state index contributed by atoms with van der Waals surface area (Å²) in [6.07, 6.45) is 0. The number of aromatic nitrogens is 1. The van der Waals surface area contributed by atoms with Crippen molar-refractivity contribution >= 4 is 22.7 Å². The van der Waals surface area contributed by atoms with Crippen LogP contribution in [-0.4, -0.2) is 10.9 Å². The number of hydrogen-bond acceptors (Lipinski definition) is 3. The fourth-order valence-electron chi connectivity index (χ4n) is 2.39. The van der Waals surface area contributed by atoms with Gasteiger partial charge in [-0.15, -0.1) is 0 Å². The highest BCUT2D eigenvalue weighted by Crippen LogP contribution is 2.26. The van der Waals surface area contributed by atoms with Crippen molar-refractivity contribution in [2.75, 3.05) is 5.32 Å². The van der Waals surface area contributed by atoms with Gasteiger partial charge in [0.15, 0.2) is 11.5 Å². The second kappa shape index (κ2) is 5.30. The smallest absolute Gasteiger partial charge is 0.234 e. The number of nitrogens with one attached hydrogen (secondary N) is 1. The second-order valence-corrected chi connectivity index (χ2v) is 5.86. The van der Waals surface area contributed by atoms with Gasteiger partial charge >= 0.3 is 0 Å². The topological polar surface area (TPSA) is 55.1 Å². The van der Waals surface area contributed by atoms with Crippen molar-refractivity contribution in [2.45, 2.75) is 26.2 Å². The third-order valence-electron chi connectivity index (χ3n) is 3.82. The molecule has 0 radical (unpaired) electrons. The molecule has 1 aromatic heterocycles. The van der Waals surface area contributed by atoms with Crippen LogP contribution in [0.4, 0.5) is 5.69 Å². The molecule has 3 rings (SSSR count). The molecule has 0 bridgehead atoms. The first-order valence-electron chi connectivity index (χ1n) is 7.21. The van der Waals surface area contributed by atoms with Gasteiger partial charge in [-0.25, -0.2) is 4.98 Å². The molecule has 0 aliphatic heterocycles. The Bertz CT molecular complexity index is 819. The molecule has 2 aromatic carbocycles. The molecule has 0 saturated carbocycles. The highest BCUT2D eigenvalue weighted by Gasteiger charge is 2.29. The standard InChI is InChI=1S/C18H18N2O2/c1-12-19-15-11-14(9-10-16(15)22-12)20-17(21)18(2,3)13-7-5-4-6-8-13/h4-11H,1-3H3,(H,20,21). The van der Waals surface area contributed by atoms with E-state index < -0.39 is 5.41 Å². The monoisotopic (exact) mass is 294 g/mol. The molecule has 0 saturated heterocycles. The third-order valence-corrected chi connectivity index (χ3v) is 3.82. The Morgan fingerprint density at radius 1 is 1.14 bits per heavy atom. The number of carbonyl (C=O) groups excluding carboxylic acids is 1. The van der Waals surface area contributed by atoms with Crippen LogP contribution in [0.1, 0.15) is 25.3 Å². The lowest BCUT2D eigenvalue weighted by atomic mass is 9.83. The van der Waals surface area contributed by atoms with Gasteiger partial charge in [0.05, 0.1) is 5.41 Å². The van der Waals surface area contributed by atoms with Gasteiger partial charge in [-0.2, -0.15) is 0 Å². The van der Waals surface area contributed by atoms with E-state index in [0.717, 1.165) is 22.4 Å². The third kappa shape index (κ3) is 2.60. The van der Waals surface area contributed by atoms with Crippen LogP contribution < -0.4 is 5.32 Å². The first kappa shape index (κ1) is 14.3. The van der Waals surface area contributed by atoms with Gasteiger partial charge in [-0.3, -0.25) is 4.79 Å². The molecule has 112 valence electrons. The Kier molecular flexibility index (Phi) is 3.45. The first-order valence-corrected chi connectivity index (χ1v) is 7.21. The van der Waals surface area contributed by atoms with Crippen LogP contribution in [0, 0.1) is 6.92 Å². The van der Waals surface area contributed by atoms with Gasteiger partial charge < -0.3 is 9.73 Å². The van der Waals surface area contributed by atoms with Crippen molar-refractivity contribution in [3.8, 4) is 0 Å². The molecule has 0 aliphatic carbocycles. The molecule has 3 aromatic rings. The van der Waals surface area contributed by atoms with Crippen molar-refractivity contribution in [1.29, 1.82) is 0 Å². The van der Waals surface area contributed by atoms with E-state index in [-0.39, 0.29) is 5.91 Å². The first-order chi connectivity index (χ1) is 10.5. The minimum Gasteiger partial charge on any atom is -0.441 e. The average Bonchev–Trinajstić information content (AvgIpc) is 2.87. The van der Waals surface area contributed by atoms with E-state index in [1.807, 2.05) is 62.4 Å². The molecule has 0 spiro atoms. The summed E-state index contributed by atoms with van der Waals surface area (Å²) in [4.78, 5) is 16.9. The number of fused-ring (bicyclic) bond motifs is 1. The number of aryl methyl sites for hydroxylation is 1. The SMILES string of the molecule is Cc1nc2cc(NC(=O)C(C)(C)c3ccccc3)ccc2o1. The summed E-state index contributed by atoms with van der Waals surface area (Å²) in [5.41, 5.74) is 2.54. The number of nitrogens with zero attached hydrogens (tertiary/aromatic N) is 1. The van der Waals surface area contributed by atoms with Crippen LogP contribution in [0.3, 0.4) is 0 Å². The predicted octanol–water partition coefficient (Wildman–Crippen LogP) is 4.05. The number of rotatable bonds is 3. The minimum atomic E-state index is -0.615. The molecule has 1 N–H and O–H groups in total. The maximum absolute atomic E-state index is 12.6. The lowest BCUT2D eigenvalue weighted by molar-refractivity contribution is -0.120. The number of carbonyl (C=O) groups is 1. The van der Waals surface area contributed by atoms with Gasteiger partial charge in [-0.1, -0.05) is 30.3 Å². The van der Waals surface area contributed by atoms with Crippen LogP contribution in [0.25, 0.3) is 11.1 Å². The average molecular weight is 294 g/mol. The molecule has 1 amide bonds. The largest absolute Gasteiger partial charge is 0.441 e. The Hall–Kier alpha value is -2.62. The fraction of sp³-hybridized carbons (Fsp3) is 0.222. The molecule has 0 unspecified atom stereocenters. The molecule has 4 nitrogen and oxygen atoms in total. The molecule has 0 aliphatic rings. The Balaban J connectivity index is 1.86. The molecule has 0 atom stereocenters. The van der Waals surface area contributed by atoms with Crippen LogP contribution in [0.5, 0.6) is 0 Å². The van der Waals surface area contributed by atoms with Gasteiger partial charge in [0.25, 0.3) is 0 Å². The minimum absolute atomic E-state index is 0.0572.